The van der Waals surface area contributed by atoms with Crippen molar-refractivity contribution in [2.24, 2.45) is 0 Å². The van der Waals surface area contributed by atoms with Gasteiger partial charge in [0.1, 0.15) is 0 Å². The Morgan fingerprint density at radius 3 is 1.70 bits per heavy atom. The second-order valence-corrected chi connectivity index (χ2v) is 4.92. The molecule has 0 fully saturated rings. The molecule has 0 aliphatic carbocycles. The number of ether oxygens (including phenoxy) is 3. The summed E-state index contributed by atoms with van der Waals surface area (Å²) in [5.41, 5.74) is 0. The predicted molar refractivity (Wildman–Crippen MR) is 83.8 cm³/mol. The molecule has 0 aliphatic heterocycles. The number of carbonyl (C=O) groups is 3. The van der Waals surface area contributed by atoms with Gasteiger partial charge in [-0.05, 0) is 19.5 Å². The Bertz CT molecular complexity index is 342. The Morgan fingerprint density at radius 1 is 0.739 bits per heavy atom. The van der Waals surface area contributed by atoms with E-state index < -0.39 is 0 Å². The van der Waals surface area contributed by atoms with Gasteiger partial charge in [-0.2, -0.15) is 0 Å². The summed E-state index contributed by atoms with van der Waals surface area (Å²) < 4.78 is 13.8. The number of nitrogens with zero attached hydrogens (tertiary/aromatic N) is 1. The van der Waals surface area contributed by atoms with Crippen LogP contribution in [0.2, 0.25) is 0 Å². The van der Waals surface area contributed by atoms with Gasteiger partial charge in [0.15, 0.2) is 0 Å². The number of esters is 3. The second-order valence-electron chi connectivity index (χ2n) is 4.92. The smallest absolute Gasteiger partial charge is 0.306 e. The molecule has 1 N–H and O–H groups in total. The maximum Gasteiger partial charge on any atom is 0.306 e. The van der Waals surface area contributed by atoms with Crippen molar-refractivity contribution in [3.63, 3.8) is 0 Å². The highest BCUT2D eigenvalue weighted by Crippen LogP contribution is 1.99. The van der Waals surface area contributed by atoms with Crippen LogP contribution in [0.1, 0.15) is 25.7 Å². The van der Waals surface area contributed by atoms with Gasteiger partial charge < -0.3 is 24.4 Å². The van der Waals surface area contributed by atoms with Gasteiger partial charge in [0, 0.05) is 19.6 Å². The Morgan fingerprint density at radius 2 is 1.22 bits per heavy atom. The lowest BCUT2D eigenvalue weighted by Crippen LogP contribution is -2.32. The molecule has 0 heterocycles. The van der Waals surface area contributed by atoms with Crippen LogP contribution in [0.25, 0.3) is 0 Å². The highest BCUT2D eigenvalue weighted by atomic mass is 16.5. The molecule has 0 atom stereocenters. The Kier molecular flexibility index (Phi) is 12.9. The van der Waals surface area contributed by atoms with Crippen molar-refractivity contribution in [3.8, 4) is 0 Å². The molecule has 0 bridgehead atoms. The highest BCUT2D eigenvalue weighted by molar-refractivity contribution is 5.70. The molecule has 0 aromatic carbocycles. The van der Waals surface area contributed by atoms with Crippen molar-refractivity contribution in [2.45, 2.75) is 25.7 Å². The van der Waals surface area contributed by atoms with Crippen molar-refractivity contribution >= 4 is 17.9 Å². The third-order valence-electron chi connectivity index (χ3n) is 3.28. The van der Waals surface area contributed by atoms with E-state index in [-0.39, 0.29) is 30.7 Å². The number of hydrogen-bond donors (Lipinski definition) is 1. The number of hydrogen-bond acceptors (Lipinski definition) is 8. The van der Waals surface area contributed by atoms with Crippen molar-refractivity contribution in [2.75, 3.05) is 54.1 Å². The topological polar surface area (TPSA) is 94.2 Å². The van der Waals surface area contributed by atoms with Gasteiger partial charge in [0.05, 0.1) is 40.6 Å². The largest absolute Gasteiger partial charge is 0.469 e. The highest BCUT2D eigenvalue weighted by Gasteiger charge is 2.11. The van der Waals surface area contributed by atoms with E-state index in [0.29, 0.717) is 26.1 Å². The average molecular weight is 332 g/mol. The Balaban J connectivity index is 3.96. The third-order valence-corrected chi connectivity index (χ3v) is 3.28. The first-order valence-corrected chi connectivity index (χ1v) is 7.67. The molecule has 0 amide bonds. The fraction of sp³-hybridized carbons (Fsp3) is 0.800. The van der Waals surface area contributed by atoms with Crippen molar-refractivity contribution in [1.82, 2.24) is 10.2 Å². The summed E-state index contributed by atoms with van der Waals surface area (Å²) in [5, 5.41) is 3.15. The van der Waals surface area contributed by atoms with Crippen LogP contribution in [0.4, 0.5) is 0 Å². The lowest BCUT2D eigenvalue weighted by Gasteiger charge is -2.21. The standard InChI is InChI=1S/C15H28N2O6/c1-21-13(18)5-9-16-8-4-10-17(11-6-14(19)22-2)12-7-15(20)23-3/h16H,4-12H2,1-3H3. The second kappa shape index (κ2) is 14.0. The fourth-order valence-corrected chi connectivity index (χ4v) is 1.88. The van der Waals surface area contributed by atoms with Gasteiger partial charge in [-0.25, -0.2) is 0 Å². The van der Waals surface area contributed by atoms with E-state index in [0.717, 1.165) is 19.5 Å². The molecule has 8 nitrogen and oxygen atoms in total. The lowest BCUT2D eigenvalue weighted by atomic mass is 10.3. The number of rotatable bonds is 13. The molecule has 0 saturated heterocycles. The van der Waals surface area contributed by atoms with Gasteiger partial charge >= 0.3 is 17.9 Å². The van der Waals surface area contributed by atoms with Crippen LogP contribution in [0, 0.1) is 0 Å². The Hall–Kier alpha value is -1.67. The summed E-state index contributed by atoms with van der Waals surface area (Å²) in [7, 11) is 4.07. The van der Waals surface area contributed by atoms with Crippen molar-refractivity contribution in [3.05, 3.63) is 0 Å². The molecular formula is C15H28N2O6. The Labute approximate surface area is 137 Å². The summed E-state index contributed by atoms with van der Waals surface area (Å²) >= 11 is 0. The van der Waals surface area contributed by atoms with Gasteiger partial charge in [-0.1, -0.05) is 0 Å². The summed E-state index contributed by atoms with van der Waals surface area (Å²) in [5.74, 6) is -0.788. The maximum absolute atomic E-state index is 11.2. The summed E-state index contributed by atoms with van der Waals surface area (Å²) in [6, 6.07) is 0. The monoisotopic (exact) mass is 332 g/mol. The molecule has 0 radical (unpaired) electrons. The minimum atomic E-state index is -0.274. The first-order valence-electron chi connectivity index (χ1n) is 7.67. The van der Waals surface area contributed by atoms with E-state index >= 15 is 0 Å². The van der Waals surface area contributed by atoms with E-state index in [1.54, 1.807) is 0 Å². The zero-order chi connectivity index (χ0) is 17.5. The number of nitrogens with one attached hydrogen (secondary N) is 1. The van der Waals surface area contributed by atoms with Crippen LogP contribution in [-0.2, 0) is 28.6 Å². The van der Waals surface area contributed by atoms with Crippen LogP contribution in [0.3, 0.4) is 0 Å². The summed E-state index contributed by atoms with van der Waals surface area (Å²) in [6.45, 7) is 3.11. The van der Waals surface area contributed by atoms with Crippen LogP contribution in [-0.4, -0.2) is 76.9 Å². The zero-order valence-corrected chi connectivity index (χ0v) is 14.3. The molecule has 134 valence electrons. The molecule has 8 heteroatoms. The number of carbonyl (C=O) groups excluding carboxylic acids is 3. The summed E-state index contributed by atoms with van der Waals surface area (Å²) in [6.07, 6.45) is 1.75. The van der Waals surface area contributed by atoms with Gasteiger partial charge in [-0.15, -0.1) is 0 Å². The van der Waals surface area contributed by atoms with Gasteiger partial charge in [-0.3, -0.25) is 14.4 Å². The predicted octanol–water partition coefficient (Wildman–Crippen LogP) is -0.0426. The third kappa shape index (κ3) is 12.5. The molecular weight excluding hydrogens is 304 g/mol. The molecule has 0 aliphatic rings. The molecule has 23 heavy (non-hydrogen) atoms. The molecule has 0 saturated carbocycles. The van der Waals surface area contributed by atoms with E-state index in [9.17, 15) is 14.4 Å². The fourth-order valence-electron chi connectivity index (χ4n) is 1.88. The van der Waals surface area contributed by atoms with E-state index in [1.165, 1.54) is 21.3 Å². The molecule has 0 aromatic rings. The summed E-state index contributed by atoms with van der Waals surface area (Å²) in [4.78, 5) is 35.4. The minimum Gasteiger partial charge on any atom is -0.469 e. The lowest BCUT2D eigenvalue weighted by molar-refractivity contribution is -0.142. The SMILES string of the molecule is COC(=O)CCNCCCN(CCC(=O)OC)CCC(=O)OC. The molecule has 0 rings (SSSR count). The van der Waals surface area contributed by atoms with E-state index in [1.807, 2.05) is 4.90 Å². The van der Waals surface area contributed by atoms with Gasteiger partial charge in [0.25, 0.3) is 0 Å². The first kappa shape index (κ1) is 21.3. The molecule has 0 spiro atoms. The molecule has 0 aromatic heterocycles. The normalized spacial score (nSPS) is 10.4. The maximum atomic E-state index is 11.2. The van der Waals surface area contributed by atoms with E-state index in [4.69, 9.17) is 0 Å². The number of methoxy groups -OCH3 is 3. The van der Waals surface area contributed by atoms with Crippen molar-refractivity contribution in [1.29, 1.82) is 0 Å². The van der Waals surface area contributed by atoms with Crippen LogP contribution in [0.15, 0.2) is 0 Å². The van der Waals surface area contributed by atoms with Crippen LogP contribution >= 0.6 is 0 Å². The van der Waals surface area contributed by atoms with Gasteiger partial charge in [0.2, 0.25) is 0 Å². The molecule has 0 unspecified atom stereocenters. The quantitative estimate of drug-likeness (QED) is 0.285. The van der Waals surface area contributed by atoms with Crippen LogP contribution in [0.5, 0.6) is 0 Å². The van der Waals surface area contributed by atoms with Crippen molar-refractivity contribution < 1.29 is 28.6 Å². The first-order chi connectivity index (χ1) is 11.0. The average Bonchev–Trinajstić information content (AvgIpc) is 2.58. The van der Waals surface area contributed by atoms with Crippen LogP contribution < -0.4 is 5.32 Å². The van der Waals surface area contributed by atoms with E-state index in [2.05, 4.69) is 19.5 Å². The zero-order valence-electron chi connectivity index (χ0n) is 14.3. The minimum absolute atomic E-state index is 0.240.